The molecule has 24 heavy (non-hydrogen) atoms. The highest BCUT2D eigenvalue weighted by atomic mass is 32.7. The van der Waals surface area contributed by atoms with Gasteiger partial charge in [-0.1, -0.05) is 29.6 Å². The van der Waals surface area contributed by atoms with E-state index in [2.05, 4.69) is 5.09 Å². The molecular weight excluding hydrogens is 368 g/mol. The van der Waals surface area contributed by atoms with E-state index in [1.165, 1.54) is 18.5 Å². The Balaban J connectivity index is 2.61. The van der Waals surface area contributed by atoms with E-state index in [1.54, 1.807) is 39.8 Å². The van der Waals surface area contributed by atoms with Gasteiger partial charge in [-0.2, -0.15) is 0 Å². The van der Waals surface area contributed by atoms with Crippen LogP contribution in [0.25, 0.3) is 0 Å². The molecule has 1 unspecified atom stereocenters. The minimum atomic E-state index is -3.39. The van der Waals surface area contributed by atoms with Crippen molar-refractivity contribution in [1.29, 1.82) is 0 Å². The van der Waals surface area contributed by atoms with Gasteiger partial charge in [-0.05, 0) is 39.8 Å². The average molecular weight is 395 g/mol. The summed E-state index contributed by atoms with van der Waals surface area (Å²) in [7, 11) is -1.95. The lowest BCUT2D eigenvalue weighted by molar-refractivity contribution is 0.136. The summed E-state index contributed by atoms with van der Waals surface area (Å²) in [5.74, 6) is 0.437. The first-order valence-corrected chi connectivity index (χ1v) is 12.5. The zero-order valence-corrected chi connectivity index (χ0v) is 17.4. The zero-order valence-electron chi connectivity index (χ0n) is 14.8. The summed E-state index contributed by atoms with van der Waals surface area (Å²) in [6.07, 6.45) is -0.465. The molecule has 0 aliphatic rings. The molecule has 0 fully saturated rings. The molecule has 0 heterocycles. The monoisotopic (exact) mass is 395 g/mol. The lowest BCUT2D eigenvalue weighted by Crippen LogP contribution is -2.22. The van der Waals surface area contributed by atoms with Crippen LogP contribution in [-0.2, 0) is 22.7 Å². The molecule has 9 heteroatoms. The van der Waals surface area contributed by atoms with Crippen LogP contribution < -0.4 is 10.4 Å². The summed E-state index contributed by atoms with van der Waals surface area (Å²) < 4.78 is 41.5. The molecule has 1 aromatic rings. The Hall–Kier alpha value is -0.130. The molecule has 0 radical (unpaired) electrons. The molecule has 0 saturated carbocycles. The summed E-state index contributed by atoms with van der Waals surface area (Å²) in [5, 5.41) is 3.47. The number of rotatable bonds is 11. The van der Waals surface area contributed by atoms with Gasteiger partial charge < -0.3 is 4.52 Å². The second-order valence-corrected chi connectivity index (χ2v) is 12.1. The fraction of sp³-hybridized carbons (Fsp3) is 0.600. The highest BCUT2D eigenvalue weighted by Crippen LogP contribution is 2.57. The molecule has 0 aromatic heterocycles. The molecule has 0 saturated heterocycles. The Morgan fingerprint density at radius 3 is 2.04 bits per heavy atom. The summed E-state index contributed by atoms with van der Waals surface area (Å²) in [5.41, 5.74) is 0. The van der Waals surface area contributed by atoms with Gasteiger partial charge in [-0.3, -0.25) is 13.6 Å². The van der Waals surface area contributed by atoms with Crippen LogP contribution in [-0.4, -0.2) is 31.6 Å². The normalized spacial score (nSPS) is 15.0. The van der Waals surface area contributed by atoms with Crippen molar-refractivity contribution < 1.29 is 22.7 Å². The predicted octanol–water partition coefficient (Wildman–Crippen LogP) is 4.43. The fourth-order valence-electron chi connectivity index (χ4n) is 1.85. The van der Waals surface area contributed by atoms with Crippen molar-refractivity contribution >= 4 is 31.0 Å². The lowest BCUT2D eigenvalue weighted by atomic mass is 10.4. The third-order valence-corrected chi connectivity index (χ3v) is 9.48. The number of nitrogens with one attached hydrogen (secondary N) is 1. The predicted molar refractivity (Wildman–Crippen MR) is 101 cm³/mol. The Kier molecular flexibility index (Phi) is 9.24. The second kappa shape index (κ2) is 10.1. The Bertz CT molecular complexity index is 568. The quantitative estimate of drug-likeness (QED) is 0.439. The summed E-state index contributed by atoms with van der Waals surface area (Å²) in [4.78, 5) is 0. The first kappa shape index (κ1) is 21.9. The topological polar surface area (TPSA) is 73.9 Å². The van der Waals surface area contributed by atoms with E-state index < -0.39 is 14.3 Å². The Labute approximate surface area is 148 Å². The van der Waals surface area contributed by atoms with Crippen LogP contribution in [0.2, 0.25) is 0 Å². The molecule has 6 nitrogen and oxygen atoms in total. The molecule has 1 rings (SSSR count). The SMILES string of the molecule is COP(=O)(SCCNP(=O)(OC(C)C)OC(C)C)c1ccccc1. The number of benzene rings is 1. The van der Waals surface area contributed by atoms with E-state index in [0.717, 1.165) is 0 Å². The minimum Gasteiger partial charge on any atom is -0.321 e. The van der Waals surface area contributed by atoms with E-state index in [-0.39, 0.29) is 12.2 Å². The highest BCUT2D eigenvalue weighted by Gasteiger charge is 2.29. The van der Waals surface area contributed by atoms with Gasteiger partial charge >= 0.3 is 7.75 Å². The minimum absolute atomic E-state index is 0.232. The molecule has 0 amide bonds. The summed E-state index contributed by atoms with van der Waals surface area (Å²) in [6.45, 7) is 4.51. The number of hydrogen-bond donors (Lipinski definition) is 1. The van der Waals surface area contributed by atoms with Crippen molar-refractivity contribution in [2.24, 2.45) is 0 Å². The van der Waals surface area contributed by atoms with Gasteiger partial charge in [-0.15, -0.1) is 0 Å². The van der Waals surface area contributed by atoms with Crippen LogP contribution in [0, 0.1) is 0 Å². The van der Waals surface area contributed by atoms with E-state index in [0.29, 0.717) is 17.6 Å². The summed E-state index contributed by atoms with van der Waals surface area (Å²) in [6, 6.07) is 9.05. The molecule has 0 aliphatic carbocycles. The van der Waals surface area contributed by atoms with Gasteiger partial charge in [-0.25, -0.2) is 9.65 Å². The van der Waals surface area contributed by atoms with Gasteiger partial charge in [0.1, 0.15) is 0 Å². The maximum atomic E-state index is 12.8. The van der Waals surface area contributed by atoms with E-state index in [1.807, 2.05) is 18.2 Å². The highest BCUT2D eigenvalue weighted by molar-refractivity contribution is 8.58. The van der Waals surface area contributed by atoms with Gasteiger partial charge in [0.15, 0.2) is 0 Å². The van der Waals surface area contributed by atoms with E-state index in [4.69, 9.17) is 13.6 Å². The lowest BCUT2D eigenvalue weighted by Gasteiger charge is -2.23. The fourth-order valence-corrected chi connectivity index (χ4v) is 7.25. The third-order valence-electron chi connectivity index (χ3n) is 2.68. The second-order valence-electron chi connectivity index (χ2n) is 5.56. The zero-order chi connectivity index (χ0) is 18.2. The molecule has 0 aliphatic heterocycles. The van der Waals surface area contributed by atoms with Crippen LogP contribution in [0.3, 0.4) is 0 Å². The molecule has 138 valence electrons. The van der Waals surface area contributed by atoms with E-state index >= 15 is 0 Å². The van der Waals surface area contributed by atoms with Gasteiger partial charge in [0.2, 0.25) is 0 Å². The third kappa shape index (κ3) is 7.40. The van der Waals surface area contributed by atoms with Crippen molar-refractivity contribution in [2.45, 2.75) is 39.9 Å². The Morgan fingerprint density at radius 2 is 1.58 bits per heavy atom. The maximum Gasteiger partial charge on any atom is 0.406 e. The van der Waals surface area contributed by atoms with Crippen molar-refractivity contribution in [3.8, 4) is 0 Å². The van der Waals surface area contributed by atoms with Crippen LogP contribution in [0.5, 0.6) is 0 Å². The molecule has 1 N–H and O–H groups in total. The van der Waals surface area contributed by atoms with Crippen molar-refractivity contribution in [2.75, 3.05) is 19.4 Å². The van der Waals surface area contributed by atoms with Crippen molar-refractivity contribution in [1.82, 2.24) is 5.09 Å². The van der Waals surface area contributed by atoms with Crippen LogP contribution in [0.15, 0.2) is 30.3 Å². The molecule has 0 spiro atoms. The van der Waals surface area contributed by atoms with Crippen LogP contribution in [0.1, 0.15) is 27.7 Å². The standard InChI is InChI=1S/C15H27NO5P2S/c1-13(2)20-23(18,21-14(3)4)16-11-12-24-22(17,19-5)15-9-7-6-8-10-15/h6-10,13-14H,11-12H2,1-5H3,(H,16,18). The van der Waals surface area contributed by atoms with E-state index in [9.17, 15) is 9.13 Å². The largest absolute Gasteiger partial charge is 0.406 e. The Morgan fingerprint density at radius 1 is 1.04 bits per heavy atom. The van der Waals surface area contributed by atoms with Crippen LogP contribution >= 0.6 is 25.7 Å². The maximum absolute atomic E-state index is 12.8. The molecule has 1 atom stereocenters. The van der Waals surface area contributed by atoms with Crippen molar-refractivity contribution in [3.05, 3.63) is 30.3 Å². The molecule has 1 aromatic carbocycles. The number of hydrogen-bond acceptors (Lipinski definition) is 6. The summed E-state index contributed by atoms with van der Waals surface area (Å²) >= 11 is 1.19. The smallest absolute Gasteiger partial charge is 0.321 e. The van der Waals surface area contributed by atoms with Gasteiger partial charge in [0.25, 0.3) is 6.57 Å². The molecule has 0 bridgehead atoms. The van der Waals surface area contributed by atoms with Gasteiger partial charge in [0, 0.05) is 24.7 Å². The first-order chi connectivity index (χ1) is 11.2. The van der Waals surface area contributed by atoms with Crippen molar-refractivity contribution in [3.63, 3.8) is 0 Å². The van der Waals surface area contributed by atoms with Gasteiger partial charge in [0.05, 0.1) is 12.2 Å². The molecular formula is C15H27NO5P2S. The first-order valence-electron chi connectivity index (χ1n) is 7.78. The van der Waals surface area contributed by atoms with Crippen LogP contribution in [0.4, 0.5) is 0 Å². The average Bonchev–Trinajstić information content (AvgIpc) is 2.50.